The van der Waals surface area contributed by atoms with E-state index in [1.54, 1.807) is 6.07 Å². The van der Waals surface area contributed by atoms with Crippen LogP contribution >= 0.6 is 0 Å². The molecular formula is C20H20N4O3. The summed E-state index contributed by atoms with van der Waals surface area (Å²) in [5, 5.41) is 16.9. The van der Waals surface area contributed by atoms with E-state index in [0.717, 1.165) is 35.0 Å². The quantitative estimate of drug-likeness (QED) is 0.670. The topological polar surface area (TPSA) is 104 Å². The van der Waals surface area contributed by atoms with Crippen molar-refractivity contribution in [3.8, 4) is 11.8 Å². The van der Waals surface area contributed by atoms with Gasteiger partial charge in [-0.05, 0) is 25.0 Å². The first kappa shape index (κ1) is 17.2. The van der Waals surface area contributed by atoms with E-state index in [-0.39, 0.29) is 24.3 Å². The smallest absolute Gasteiger partial charge is 0.226 e. The molecule has 0 atom stereocenters. The molecule has 2 heterocycles. The highest BCUT2D eigenvalue weighted by Gasteiger charge is 2.44. The molecule has 1 fully saturated rings. The Morgan fingerprint density at radius 3 is 3.00 bits per heavy atom. The first-order valence-electron chi connectivity index (χ1n) is 8.89. The van der Waals surface area contributed by atoms with Gasteiger partial charge in [0.2, 0.25) is 5.91 Å². The van der Waals surface area contributed by atoms with Crippen LogP contribution in [0, 0.1) is 16.7 Å². The summed E-state index contributed by atoms with van der Waals surface area (Å²) >= 11 is 0. The second-order valence-electron chi connectivity index (χ2n) is 7.20. The van der Waals surface area contributed by atoms with E-state index >= 15 is 0 Å². The normalized spacial score (nSPS) is 14.7. The van der Waals surface area contributed by atoms with Gasteiger partial charge in [0.15, 0.2) is 0 Å². The van der Waals surface area contributed by atoms with Crippen molar-refractivity contribution in [2.75, 3.05) is 0 Å². The molecule has 0 saturated heterocycles. The van der Waals surface area contributed by atoms with Crippen molar-refractivity contribution in [1.82, 2.24) is 15.5 Å². The molecule has 0 spiro atoms. The van der Waals surface area contributed by atoms with Gasteiger partial charge in [-0.1, -0.05) is 12.1 Å². The van der Waals surface area contributed by atoms with E-state index in [1.807, 2.05) is 25.1 Å². The van der Waals surface area contributed by atoms with Gasteiger partial charge in [-0.25, -0.2) is 0 Å². The maximum Gasteiger partial charge on any atom is 0.226 e. The van der Waals surface area contributed by atoms with Crippen molar-refractivity contribution in [2.24, 2.45) is 5.41 Å². The van der Waals surface area contributed by atoms with Gasteiger partial charge < -0.3 is 19.6 Å². The molecule has 3 aromatic rings. The van der Waals surface area contributed by atoms with Crippen molar-refractivity contribution >= 4 is 16.8 Å². The molecule has 138 valence electrons. The molecule has 1 aliphatic rings. The van der Waals surface area contributed by atoms with Crippen molar-refractivity contribution in [1.29, 1.82) is 5.26 Å². The number of rotatable bonds is 7. The van der Waals surface area contributed by atoms with E-state index in [1.165, 1.54) is 6.26 Å². The Hall–Kier alpha value is -3.27. The Labute approximate surface area is 156 Å². The summed E-state index contributed by atoms with van der Waals surface area (Å²) in [7, 11) is 0. The fourth-order valence-electron chi connectivity index (χ4n) is 2.99. The van der Waals surface area contributed by atoms with Crippen LogP contribution in [-0.2, 0) is 24.4 Å². The van der Waals surface area contributed by atoms with Gasteiger partial charge in [0, 0.05) is 39.7 Å². The predicted molar refractivity (Wildman–Crippen MR) is 97.6 cm³/mol. The van der Waals surface area contributed by atoms with Gasteiger partial charge in [-0.2, -0.15) is 5.26 Å². The maximum atomic E-state index is 12.1. The lowest BCUT2D eigenvalue weighted by Gasteiger charge is -2.09. The van der Waals surface area contributed by atoms with Crippen molar-refractivity contribution in [3.05, 3.63) is 47.5 Å². The summed E-state index contributed by atoms with van der Waals surface area (Å²) in [4.78, 5) is 15.4. The number of benzene rings is 1. The lowest BCUT2D eigenvalue weighted by atomic mass is 10.1. The molecule has 0 unspecified atom stereocenters. The van der Waals surface area contributed by atoms with Gasteiger partial charge in [-0.15, -0.1) is 0 Å². The highest BCUT2D eigenvalue weighted by Crippen LogP contribution is 2.45. The minimum atomic E-state index is -0.186. The monoisotopic (exact) mass is 364 g/mol. The second-order valence-corrected chi connectivity index (χ2v) is 7.20. The molecule has 2 N–H and O–H groups in total. The summed E-state index contributed by atoms with van der Waals surface area (Å²) in [6, 6.07) is 9.73. The number of nitrogens with one attached hydrogen (secondary N) is 2. The number of amides is 1. The van der Waals surface area contributed by atoms with Crippen LogP contribution in [0.3, 0.4) is 0 Å². The fourth-order valence-corrected chi connectivity index (χ4v) is 2.99. The molecule has 1 saturated carbocycles. The Morgan fingerprint density at radius 2 is 2.30 bits per heavy atom. The molecular weight excluding hydrogens is 344 g/mol. The van der Waals surface area contributed by atoms with Gasteiger partial charge in [0.25, 0.3) is 0 Å². The number of aromatic amines is 1. The first-order chi connectivity index (χ1) is 13.1. The first-order valence-corrected chi connectivity index (χ1v) is 8.89. The Balaban J connectivity index is 1.53. The average molecular weight is 364 g/mol. The molecule has 0 radical (unpaired) electrons. The summed E-state index contributed by atoms with van der Waals surface area (Å²) in [5.41, 5.74) is 3.12. The highest BCUT2D eigenvalue weighted by atomic mass is 16.5. The number of aromatic nitrogens is 2. The highest BCUT2D eigenvalue weighted by molar-refractivity contribution is 5.85. The summed E-state index contributed by atoms with van der Waals surface area (Å²) in [5.74, 6) is 0.734. The third-order valence-corrected chi connectivity index (χ3v) is 4.98. The second kappa shape index (κ2) is 6.80. The van der Waals surface area contributed by atoms with Crippen LogP contribution in [0.4, 0.5) is 0 Å². The number of ether oxygens (including phenoxy) is 1. The molecule has 27 heavy (non-hydrogen) atoms. The standard InChI is InChI=1S/C20H20N4O3/c1-20(4-5-20)19(25)22-11-16-9-14-8-13(2-6-21)18(10-17(14)23-16)26-12-15-3-7-27-24-15/h3,7-10,23H,2,4-5,11-12H2,1H3,(H,22,25). The number of carbonyl (C=O) groups excluding carboxylic acids is 1. The Bertz CT molecular complexity index is 1010. The van der Waals surface area contributed by atoms with Gasteiger partial charge in [0.1, 0.15) is 24.3 Å². The molecule has 7 nitrogen and oxygen atoms in total. The Morgan fingerprint density at radius 1 is 1.44 bits per heavy atom. The number of nitriles is 1. The van der Waals surface area contributed by atoms with Crippen LogP contribution in [0.5, 0.6) is 5.75 Å². The summed E-state index contributed by atoms with van der Waals surface area (Å²) in [6.07, 6.45) is 3.65. The minimum absolute atomic E-state index is 0.1000. The summed E-state index contributed by atoms with van der Waals surface area (Å²) < 4.78 is 10.6. The minimum Gasteiger partial charge on any atom is -0.487 e. The number of nitrogens with zero attached hydrogens (tertiary/aromatic N) is 2. The SMILES string of the molecule is CC1(C(=O)NCc2cc3cc(CC#N)c(OCc4ccon4)cc3[nH]2)CC1. The van der Waals surface area contributed by atoms with Crippen LogP contribution in [0.1, 0.15) is 36.7 Å². The maximum absolute atomic E-state index is 12.1. The molecule has 0 aliphatic heterocycles. The zero-order chi connectivity index (χ0) is 18.9. The summed E-state index contributed by atoms with van der Waals surface area (Å²) in [6.45, 7) is 2.70. The number of hydrogen-bond donors (Lipinski definition) is 2. The molecule has 0 bridgehead atoms. The zero-order valence-corrected chi connectivity index (χ0v) is 15.0. The number of H-pyrrole nitrogens is 1. The van der Waals surface area contributed by atoms with E-state index in [9.17, 15) is 4.79 Å². The molecule has 1 aliphatic carbocycles. The van der Waals surface area contributed by atoms with Crippen LogP contribution in [0.15, 0.2) is 35.1 Å². The fraction of sp³-hybridized carbons (Fsp3) is 0.350. The van der Waals surface area contributed by atoms with Gasteiger partial charge in [0.05, 0.1) is 19.0 Å². The van der Waals surface area contributed by atoms with Crippen LogP contribution in [-0.4, -0.2) is 16.0 Å². The third-order valence-electron chi connectivity index (χ3n) is 4.98. The number of fused-ring (bicyclic) bond motifs is 1. The number of carbonyl (C=O) groups is 1. The zero-order valence-electron chi connectivity index (χ0n) is 15.0. The van der Waals surface area contributed by atoms with Gasteiger partial charge in [-0.3, -0.25) is 4.79 Å². The van der Waals surface area contributed by atoms with Crippen molar-refractivity contribution in [3.63, 3.8) is 0 Å². The van der Waals surface area contributed by atoms with E-state index in [2.05, 4.69) is 21.5 Å². The van der Waals surface area contributed by atoms with Crippen LogP contribution < -0.4 is 10.1 Å². The van der Waals surface area contributed by atoms with Crippen molar-refractivity contribution < 1.29 is 14.1 Å². The van der Waals surface area contributed by atoms with E-state index in [4.69, 9.17) is 14.5 Å². The van der Waals surface area contributed by atoms with Crippen molar-refractivity contribution in [2.45, 2.75) is 39.3 Å². The largest absolute Gasteiger partial charge is 0.487 e. The molecule has 1 aromatic carbocycles. The lowest BCUT2D eigenvalue weighted by Crippen LogP contribution is -2.29. The van der Waals surface area contributed by atoms with Crippen LogP contribution in [0.25, 0.3) is 10.9 Å². The predicted octanol–water partition coefficient (Wildman–Crippen LogP) is 3.22. The van der Waals surface area contributed by atoms with E-state index < -0.39 is 0 Å². The Kier molecular flexibility index (Phi) is 4.32. The molecule has 4 rings (SSSR count). The number of hydrogen-bond acceptors (Lipinski definition) is 5. The van der Waals surface area contributed by atoms with Gasteiger partial charge >= 0.3 is 0 Å². The van der Waals surface area contributed by atoms with Crippen LogP contribution in [0.2, 0.25) is 0 Å². The molecule has 7 heteroatoms. The lowest BCUT2D eigenvalue weighted by molar-refractivity contribution is -0.125. The molecule has 1 amide bonds. The van der Waals surface area contributed by atoms with E-state index in [0.29, 0.717) is 18.0 Å². The average Bonchev–Trinajstić information content (AvgIpc) is 3.08. The molecule has 2 aromatic heterocycles. The third kappa shape index (κ3) is 3.65.